The molecule has 1 amide bonds. The summed E-state index contributed by atoms with van der Waals surface area (Å²) in [5, 5.41) is 7.39. The van der Waals surface area contributed by atoms with E-state index in [2.05, 4.69) is 15.2 Å². The zero-order chi connectivity index (χ0) is 24.1. The molecule has 0 aliphatic rings. The van der Waals surface area contributed by atoms with E-state index in [1.165, 1.54) is 35.2 Å². The Morgan fingerprint density at radius 1 is 1.06 bits per heavy atom. The minimum atomic E-state index is -0.520. The molecule has 0 spiro atoms. The number of benzene rings is 2. The summed E-state index contributed by atoms with van der Waals surface area (Å²) in [6, 6.07) is 12.1. The number of aromatic nitrogens is 4. The fourth-order valence-electron chi connectivity index (χ4n) is 3.76. The summed E-state index contributed by atoms with van der Waals surface area (Å²) in [5.41, 5.74) is 2.37. The summed E-state index contributed by atoms with van der Waals surface area (Å²) < 4.78 is 28.1. The Balaban J connectivity index is 1.23. The molecule has 9 heteroatoms. The van der Waals surface area contributed by atoms with Crippen molar-refractivity contribution in [1.82, 2.24) is 24.6 Å². The molecule has 2 aromatic carbocycles. The minimum absolute atomic E-state index is 0.147. The number of carbonyl (C=O) groups excluding carboxylic acids is 1. The highest BCUT2D eigenvalue weighted by molar-refractivity contribution is 5.79. The average Bonchev–Trinajstić information content (AvgIpc) is 3.30. The van der Waals surface area contributed by atoms with E-state index < -0.39 is 11.4 Å². The molecule has 0 saturated carbocycles. The second kappa shape index (κ2) is 10.4. The van der Waals surface area contributed by atoms with E-state index in [-0.39, 0.29) is 23.7 Å². The van der Waals surface area contributed by atoms with E-state index >= 15 is 0 Å². The standard InChI is InChI=1S/C25H25F2N5O2/c1-31(24(33)15-32-16-28-22-10-9-19(27)13-21(22)25(32)34)11-4-2-3-8-20-14-23(30-29-20)17-6-5-7-18(26)12-17/h5-7,9-10,12-14,16H,2-4,8,11,15H2,1H3,(H,29,30). The van der Waals surface area contributed by atoms with Crippen LogP contribution in [-0.4, -0.2) is 44.1 Å². The number of rotatable bonds is 9. The molecule has 0 unspecified atom stereocenters. The largest absolute Gasteiger partial charge is 0.344 e. The van der Waals surface area contributed by atoms with E-state index in [0.29, 0.717) is 17.8 Å². The van der Waals surface area contributed by atoms with Gasteiger partial charge < -0.3 is 4.90 Å². The Labute approximate surface area is 195 Å². The number of halogens is 2. The number of aromatic amines is 1. The van der Waals surface area contributed by atoms with Gasteiger partial charge in [-0.2, -0.15) is 5.10 Å². The van der Waals surface area contributed by atoms with Gasteiger partial charge in [0.1, 0.15) is 18.2 Å². The van der Waals surface area contributed by atoms with E-state index in [1.54, 1.807) is 18.0 Å². The summed E-state index contributed by atoms with van der Waals surface area (Å²) in [7, 11) is 1.70. The van der Waals surface area contributed by atoms with Crippen LogP contribution in [0.15, 0.2) is 59.7 Å². The third-order valence-corrected chi connectivity index (χ3v) is 5.71. The number of nitrogens with zero attached hydrogens (tertiary/aromatic N) is 4. The van der Waals surface area contributed by atoms with Crippen molar-refractivity contribution < 1.29 is 13.6 Å². The Morgan fingerprint density at radius 2 is 1.88 bits per heavy atom. The van der Waals surface area contributed by atoms with Gasteiger partial charge in [-0.25, -0.2) is 13.8 Å². The highest BCUT2D eigenvalue weighted by Gasteiger charge is 2.13. The first-order valence-corrected chi connectivity index (χ1v) is 11.1. The first-order chi connectivity index (χ1) is 16.4. The van der Waals surface area contributed by atoms with Crippen LogP contribution in [0.5, 0.6) is 0 Å². The van der Waals surface area contributed by atoms with Crippen LogP contribution < -0.4 is 5.56 Å². The van der Waals surface area contributed by atoms with Gasteiger partial charge in [0, 0.05) is 24.8 Å². The van der Waals surface area contributed by atoms with Crippen molar-refractivity contribution in [3.63, 3.8) is 0 Å². The Bertz CT molecular complexity index is 1360. The molecule has 4 rings (SSSR count). The molecule has 176 valence electrons. The smallest absolute Gasteiger partial charge is 0.261 e. The highest BCUT2D eigenvalue weighted by Crippen LogP contribution is 2.19. The monoisotopic (exact) mass is 465 g/mol. The summed E-state index contributed by atoms with van der Waals surface area (Å²) in [5.74, 6) is -1.03. The number of unbranched alkanes of at least 4 members (excludes halogenated alkanes) is 2. The molecule has 0 bridgehead atoms. The summed E-state index contributed by atoms with van der Waals surface area (Å²) in [6.07, 6.45) is 4.74. The molecule has 0 radical (unpaired) electrons. The molecule has 2 aromatic heterocycles. The molecule has 0 fully saturated rings. The first-order valence-electron chi connectivity index (χ1n) is 11.1. The molecular weight excluding hydrogens is 440 g/mol. The molecule has 7 nitrogen and oxygen atoms in total. The molecular formula is C25H25F2N5O2. The SMILES string of the molecule is CN(CCCCCc1cc(-c2cccc(F)c2)n[nH]1)C(=O)Cn1cnc2ccc(F)cc2c1=O. The van der Waals surface area contributed by atoms with Crippen molar-refractivity contribution in [2.45, 2.75) is 32.2 Å². The van der Waals surface area contributed by atoms with Crippen molar-refractivity contribution in [1.29, 1.82) is 0 Å². The number of hydrogen-bond acceptors (Lipinski definition) is 4. The van der Waals surface area contributed by atoms with Crippen LogP contribution in [-0.2, 0) is 17.8 Å². The zero-order valence-corrected chi connectivity index (χ0v) is 18.8. The number of amides is 1. The molecule has 0 aliphatic carbocycles. The number of fused-ring (bicyclic) bond motifs is 1. The van der Waals surface area contributed by atoms with Crippen LogP contribution in [0.4, 0.5) is 8.78 Å². The van der Waals surface area contributed by atoms with Gasteiger partial charge in [0.2, 0.25) is 5.91 Å². The zero-order valence-electron chi connectivity index (χ0n) is 18.8. The van der Waals surface area contributed by atoms with Gasteiger partial charge in [-0.15, -0.1) is 0 Å². The average molecular weight is 466 g/mol. The number of nitrogens with one attached hydrogen (secondary N) is 1. The summed E-state index contributed by atoms with van der Waals surface area (Å²) in [6.45, 7) is 0.409. The number of hydrogen-bond donors (Lipinski definition) is 1. The molecule has 0 aliphatic heterocycles. The predicted molar refractivity (Wildman–Crippen MR) is 125 cm³/mol. The Kier molecular flexibility index (Phi) is 7.10. The van der Waals surface area contributed by atoms with Crippen molar-refractivity contribution in [2.24, 2.45) is 0 Å². The van der Waals surface area contributed by atoms with Crippen molar-refractivity contribution in [3.8, 4) is 11.3 Å². The lowest BCUT2D eigenvalue weighted by molar-refractivity contribution is -0.130. The van der Waals surface area contributed by atoms with Crippen LogP contribution in [0.25, 0.3) is 22.2 Å². The molecule has 1 N–H and O–H groups in total. The topological polar surface area (TPSA) is 83.9 Å². The quantitative estimate of drug-likeness (QED) is 0.380. The van der Waals surface area contributed by atoms with Gasteiger partial charge >= 0.3 is 0 Å². The maximum absolute atomic E-state index is 13.5. The van der Waals surface area contributed by atoms with Crippen LogP contribution in [0.2, 0.25) is 0 Å². The summed E-state index contributed by atoms with van der Waals surface area (Å²) >= 11 is 0. The lowest BCUT2D eigenvalue weighted by atomic mass is 10.1. The number of aryl methyl sites for hydroxylation is 1. The highest BCUT2D eigenvalue weighted by atomic mass is 19.1. The van der Waals surface area contributed by atoms with Crippen LogP contribution in [0, 0.1) is 11.6 Å². The van der Waals surface area contributed by atoms with E-state index in [0.717, 1.165) is 43.0 Å². The fraction of sp³-hybridized carbons (Fsp3) is 0.280. The van der Waals surface area contributed by atoms with Gasteiger partial charge in [-0.3, -0.25) is 19.3 Å². The first kappa shape index (κ1) is 23.3. The maximum Gasteiger partial charge on any atom is 0.261 e. The van der Waals surface area contributed by atoms with Crippen molar-refractivity contribution in [3.05, 3.63) is 82.5 Å². The lowest BCUT2D eigenvalue weighted by Gasteiger charge is -2.17. The van der Waals surface area contributed by atoms with Gasteiger partial charge in [-0.1, -0.05) is 18.6 Å². The lowest BCUT2D eigenvalue weighted by Crippen LogP contribution is -2.34. The Morgan fingerprint density at radius 3 is 2.71 bits per heavy atom. The van der Waals surface area contributed by atoms with Gasteiger partial charge in [0.05, 0.1) is 22.9 Å². The van der Waals surface area contributed by atoms with E-state index in [1.807, 2.05) is 12.1 Å². The van der Waals surface area contributed by atoms with Crippen LogP contribution >= 0.6 is 0 Å². The number of carbonyl (C=O) groups is 1. The molecule has 34 heavy (non-hydrogen) atoms. The maximum atomic E-state index is 13.5. The molecule has 2 heterocycles. The predicted octanol–water partition coefficient (Wildman–Crippen LogP) is 3.94. The van der Waals surface area contributed by atoms with E-state index in [4.69, 9.17) is 0 Å². The minimum Gasteiger partial charge on any atom is -0.344 e. The Hall–Kier alpha value is -3.88. The van der Waals surface area contributed by atoms with Gasteiger partial charge in [0.15, 0.2) is 0 Å². The van der Waals surface area contributed by atoms with Gasteiger partial charge in [-0.05, 0) is 55.7 Å². The fourth-order valence-corrected chi connectivity index (χ4v) is 3.76. The second-order valence-electron chi connectivity index (χ2n) is 8.25. The van der Waals surface area contributed by atoms with Crippen molar-refractivity contribution in [2.75, 3.05) is 13.6 Å². The number of likely N-dealkylation sites (N-methyl/N-ethyl adjacent to an activating group) is 1. The van der Waals surface area contributed by atoms with Crippen LogP contribution in [0.1, 0.15) is 25.0 Å². The number of H-pyrrole nitrogens is 1. The molecule has 0 atom stereocenters. The van der Waals surface area contributed by atoms with Crippen LogP contribution in [0.3, 0.4) is 0 Å². The van der Waals surface area contributed by atoms with Crippen molar-refractivity contribution >= 4 is 16.8 Å². The third kappa shape index (κ3) is 5.54. The normalized spacial score (nSPS) is 11.1. The third-order valence-electron chi connectivity index (χ3n) is 5.71. The van der Waals surface area contributed by atoms with E-state index in [9.17, 15) is 18.4 Å². The second-order valence-corrected chi connectivity index (χ2v) is 8.25. The van der Waals surface area contributed by atoms with Gasteiger partial charge in [0.25, 0.3) is 5.56 Å². The molecule has 0 saturated heterocycles. The molecule has 4 aromatic rings. The summed E-state index contributed by atoms with van der Waals surface area (Å²) in [4.78, 5) is 30.8.